The molecule has 15 heavy (non-hydrogen) atoms. The molecule has 0 bridgehead atoms. The third-order valence-corrected chi connectivity index (χ3v) is 2.34. The lowest BCUT2D eigenvalue weighted by atomic mass is 10.3. The van der Waals surface area contributed by atoms with Crippen LogP contribution >= 0.6 is 11.3 Å². The first kappa shape index (κ1) is 11.6. The predicted molar refractivity (Wildman–Crippen MR) is 55.5 cm³/mol. The first-order chi connectivity index (χ1) is 7.22. The van der Waals surface area contributed by atoms with Crippen LogP contribution in [0.15, 0.2) is 10.9 Å². The molecule has 0 aromatic carbocycles. The van der Waals surface area contributed by atoms with Gasteiger partial charge in [0.25, 0.3) is 0 Å². The van der Waals surface area contributed by atoms with E-state index >= 15 is 0 Å². The van der Waals surface area contributed by atoms with E-state index < -0.39 is 0 Å². The molecule has 1 aromatic heterocycles. The van der Waals surface area contributed by atoms with Gasteiger partial charge in [0.2, 0.25) is 5.91 Å². The van der Waals surface area contributed by atoms with Crippen molar-refractivity contribution >= 4 is 23.2 Å². The molecule has 1 heterocycles. The van der Waals surface area contributed by atoms with E-state index in [0.29, 0.717) is 6.54 Å². The minimum absolute atomic E-state index is 0.134. The number of nitrogens with one attached hydrogen (secondary N) is 1. The van der Waals surface area contributed by atoms with Crippen molar-refractivity contribution in [3.63, 3.8) is 0 Å². The van der Waals surface area contributed by atoms with Gasteiger partial charge in [-0.25, -0.2) is 4.98 Å². The summed E-state index contributed by atoms with van der Waals surface area (Å²) in [5, 5.41) is 4.43. The summed E-state index contributed by atoms with van der Waals surface area (Å²) in [6, 6.07) is 0. The van der Waals surface area contributed by atoms with Crippen LogP contribution in [-0.4, -0.2) is 30.5 Å². The molecule has 0 aliphatic rings. The molecule has 0 saturated heterocycles. The van der Waals surface area contributed by atoms with Gasteiger partial charge in [-0.05, 0) is 0 Å². The molecular weight excluding hydrogens is 216 g/mol. The minimum atomic E-state index is -0.330. The van der Waals surface area contributed by atoms with Crippen LogP contribution in [0.4, 0.5) is 0 Å². The number of rotatable bonds is 5. The lowest BCUT2D eigenvalue weighted by Gasteiger charge is -2.02. The zero-order valence-corrected chi connectivity index (χ0v) is 9.17. The summed E-state index contributed by atoms with van der Waals surface area (Å²) < 4.78 is 4.44. The number of hydrogen-bond acceptors (Lipinski definition) is 5. The third-order valence-electron chi connectivity index (χ3n) is 1.70. The van der Waals surface area contributed by atoms with E-state index in [-0.39, 0.29) is 24.7 Å². The number of nitrogens with zero attached hydrogens (tertiary/aromatic N) is 1. The minimum Gasteiger partial charge on any atom is -0.469 e. The van der Waals surface area contributed by atoms with Crippen LogP contribution < -0.4 is 5.32 Å². The van der Waals surface area contributed by atoms with Gasteiger partial charge in [0.1, 0.15) is 0 Å². The van der Waals surface area contributed by atoms with E-state index in [2.05, 4.69) is 15.0 Å². The second-order valence-corrected chi connectivity index (χ2v) is 3.55. The van der Waals surface area contributed by atoms with Crippen LogP contribution in [0.25, 0.3) is 0 Å². The van der Waals surface area contributed by atoms with Crippen LogP contribution in [0.1, 0.15) is 12.1 Å². The maximum Gasteiger partial charge on any atom is 0.307 e. The summed E-state index contributed by atoms with van der Waals surface area (Å²) in [4.78, 5) is 26.0. The molecule has 1 rings (SSSR count). The van der Waals surface area contributed by atoms with Gasteiger partial charge >= 0.3 is 5.97 Å². The van der Waals surface area contributed by atoms with Crippen molar-refractivity contribution in [1.82, 2.24) is 10.3 Å². The summed E-state index contributed by atoms with van der Waals surface area (Å²) in [5.41, 5.74) is 2.42. The Bertz CT molecular complexity index is 324. The smallest absolute Gasteiger partial charge is 0.307 e. The number of hydrogen-bond donors (Lipinski definition) is 1. The van der Waals surface area contributed by atoms with Crippen LogP contribution in [0.2, 0.25) is 0 Å². The molecule has 0 unspecified atom stereocenters. The van der Waals surface area contributed by atoms with Gasteiger partial charge in [0.15, 0.2) is 0 Å². The van der Waals surface area contributed by atoms with Gasteiger partial charge in [-0.15, -0.1) is 11.3 Å². The molecule has 1 aromatic rings. The molecule has 1 amide bonds. The number of methoxy groups -OCH3 is 1. The Morgan fingerprint density at radius 3 is 3.00 bits per heavy atom. The first-order valence-electron chi connectivity index (χ1n) is 4.43. The second kappa shape index (κ2) is 6.13. The first-order valence-corrected chi connectivity index (χ1v) is 5.37. The zero-order chi connectivity index (χ0) is 11.1. The predicted octanol–water partition coefficient (Wildman–Crippen LogP) is 0.365. The number of ether oxygens (including phenoxy) is 1. The van der Waals surface area contributed by atoms with Crippen molar-refractivity contribution in [1.29, 1.82) is 0 Å². The van der Waals surface area contributed by atoms with Crippen molar-refractivity contribution in [2.75, 3.05) is 13.7 Å². The van der Waals surface area contributed by atoms with E-state index in [4.69, 9.17) is 0 Å². The molecular formula is C9H12N2O3S. The monoisotopic (exact) mass is 228 g/mol. The van der Waals surface area contributed by atoms with Gasteiger partial charge in [-0.1, -0.05) is 0 Å². The number of carbonyl (C=O) groups excluding carboxylic acids is 2. The highest BCUT2D eigenvalue weighted by atomic mass is 32.1. The van der Waals surface area contributed by atoms with Crippen molar-refractivity contribution < 1.29 is 14.3 Å². The molecule has 0 atom stereocenters. The van der Waals surface area contributed by atoms with Crippen LogP contribution in [0.3, 0.4) is 0 Å². The SMILES string of the molecule is COC(=O)CCNC(=O)Cc1cscn1. The average molecular weight is 228 g/mol. The Hall–Kier alpha value is -1.43. The molecule has 6 heteroatoms. The summed E-state index contributed by atoms with van der Waals surface area (Å²) >= 11 is 1.45. The van der Waals surface area contributed by atoms with Crippen molar-refractivity contribution in [2.45, 2.75) is 12.8 Å². The molecule has 82 valence electrons. The normalized spacial score (nSPS) is 9.67. The van der Waals surface area contributed by atoms with Gasteiger partial charge < -0.3 is 10.1 Å². The lowest BCUT2D eigenvalue weighted by Crippen LogP contribution is -2.27. The van der Waals surface area contributed by atoms with Gasteiger partial charge in [-0.3, -0.25) is 9.59 Å². The van der Waals surface area contributed by atoms with E-state index in [1.54, 1.807) is 5.51 Å². The maximum absolute atomic E-state index is 11.3. The number of esters is 1. The van der Waals surface area contributed by atoms with Crippen molar-refractivity contribution in [2.24, 2.45) is 0 Å². The van der Waals surface area contributed by atoms with E-state index in [9.17, 15) is 9.59 Å². The van der Waals surface area contributed by atoms with E-state index in [1.807, 2.05) is 5.38 Å². The maximum atomic E-state index is 11.3. The largest absolute Gasteiger partial charge is 0.469 e. The fourth-order valence-electron chi connectivity index (χ4n) is 0.958. The highest BCUT2D eigenvalue weighted by Gasteiger charge is 2.05. The van der Waals surface area contributed by atoms with Crippen LogP contribution in [-0.2, 0) is 20.7 Å². The van der Waals surface area contributed by atoms with E-state index in [1.165, 1.54) is 18.4 Å². The number of amides is 1. The van der Waals surface area contributed by atoms with Crippen molar-refractivity contribution in [3.8, 4) is 0 Å². The van der Waals surface area contributed by atoms with Gasteiger partial charge in [-0.2, -0.15) is 0 Å². The zero-order valence-electron chi connectivity index (χ0n) is 8.36. The summed E-state index contributed by atoms with van der Waals surface area (Å²) in [6.07, 6.45) is 0.448. The summed E-state index contributed by atoms with van der Waals surface area (Å²) in [6.45, 7) is 0.301. The van der Waals surface area contributed by atoms with Crippen molar-refractivity contribution in [3.05, 3.63) is 16.6 Å². The molecule has 0 aliphatic carbocycles. The molecule has 1 N–H and O–H groups in total. The molecule has 0 spiro atoms. The molecule has 0 aliphatic heterocycles. The number of thiazole rings is 1. The highest BCUT2D eigenvalue weighted by molar-refractivity contribution is 7.07. The number of aromatic nitrogens is 1. The van der Waals surface area contributed by atoms with Gasteiger partial charge in [0.05, 0.1) is 31.2 Å². The average Bonchev–Trinajstić information content (AvgIpc) is 2.70. The standard InChI is InChI=1S/C9H12N2O3S/c1-14-9(13)2-3-10-8(12)4-7-5-15-6-11-7/h5-6H,2-4H2,1H3,(H,10,12). The Morgan fingerprint density at radius 1 is 1.60 bits per heavy atom. The quantitative estimate of drug-likeness (QED) is 0.739. The fraction of sp³-hybridized carbons (Fsp3) is 0.444. The lowest BCUT2D eigenvalue weighted by molar-refractivity contribution is -0.140. The Balaban J connectivity index is 2.17. The van der Waals surface area contributed by atoms with E-state index in [0.717, 1.165) is 5.69 Å². The Kier molecular flexibility index (Phi) is 4.76. The third kappa shape index (κ3) is 4.55. The van der Waals surface area contributed by atoms with Crippen LogP contribution in [0, 0.1) is 0 Å². The second-order valence-electron chi connectivity index (χ2n) is 2.83. The van der Waals surface area contributed by atoms with Gasteiger partial charge in [0, 0.05) is 11.9 Å². The summed E-state index contributed by atoms with van der Waals surface area (Å²) in [5.74, 6) is -0.464. The Morgan fingerprint density at radius 2 is 2.40 bits per heavy atom. The molecule has 0 fully saturated rings. The number of carbonyl (C=O) groups is 2. The molecule has 5 nitrogen and oxygen atoms in total. The molecule has 0 radical (unpaired) electrons. The fourth-order valence-corrected chi connectivity index (χ4v) is 1.52. The molecule has 0 saturated carbocycles. The highest BCUT2D eigenvalue weighted by Crippen LogP contribution is 2.01. The Labute approximate surface area is 91.5 Å². The van der Waals surface area contributed by atoms with Crippen LogP contribution in [0.5, 0.6) is 0 Å². The topological polar surface area (TPSA) is 68.3 Å². The summed E-state index contributed by atoms with van der Waals surface area (Å²) in [7, 11) is 1.32.